The smallest absolute Gasteiger partial charge is 0.246 e. The molecule has 2 aromatic carbocycles. The molecule has 0 aliphatic carbocycles. The van der Waals surface area contributed by atoms with Crippen LogP contribution in [-0.2, 0) is 4.79 Å². The van der Waals surface area contributed by atoms with Crippen LogP contribution in [0, 0.1) is 18.3 Å². The molecule has 1 N–H and O–H groups in total. The molecular formula is C24H21N5O. The Balaban J connectivity index is 1.62. The maximum Gasteiger partial charge on any atom is 0.246 e. The van der Waals surface area contributed by atoms with Gasteiger partial charge in [-0.15, -0.1) is 0 Å². The third kappa shape index (κ3) is 2.71. The van der Waals surface area contributed by atoms with Crippen LogP contribution >= 0.6 is 0 Å². The molecule has 1 amide bonds. The Morgan fingerprint density at radius 2 is 2.20 bits per heavy atom. The van der Waals surface area contributed by atoms with Crippen LogP contribution in [0.4, 0.5) is 0 Å². The lowest BCUT2D eigenvalue weighted by Gasteiger charge is -2.16. The molecule has 0 spiro atoms. The van der Waals surface area contributed by atoms with Gasteiger partial charge in [-0.1, -0.05) is 18.7 Å². The Morgan fingerprint density at radius 1 is 1.33 bits per heavy atom. The second-order valence-electron chi connectivity index (χ2n) is 7.81. The highest BCUT2D eigenvalue weighted by Crippen LogP contribution is 2.36. The minimum atomic E-state index is -0.0413. The molecule has 5 rings (SSSR count). The van der Waals surface area contributed by atoms with Gasteiger partial charge in [-0.25, -0.2) is 0 Å². The van der Waals surface area contributed by atoms with Crippen molar-refractivity contribution in [3.05, 3.63) is 66.5 Å². The summed E-state index contributed by atoms with van der Waals surface area (Å²) < 4.78 is 2.15. The summed E-state index contributed by atoms with van der Waals surface area (Å²) in [6.45, 7) is 7.01. The number of hydrogen-bond acceptors (Lipinski definition) is 3. The van der Waals surface area contributed by atoms with Crippen molar-refractivity contribution in [2.45, 2.75) is 19.4 Å². The van der Waals surface area contributed by atoms with E-state index in [0.29, 0.717) is 18.7 Å². The summed E-state index contributed by atoms with van der Waals surface area (Å²) in [7, 11) is 0. The number of aromatic nitrogens is 3. The van der Waals surface area contributed by atoms with Gasteiger partial charge in [0.2, 0.25) is 5.91 Å². The molecule has 2 aromatic heterocycles. The summed E-state index contributed by atoms with van der Waals surface area (Å²) in [5, 5.41) is 19.0. The van der Waals surface area contributed by atoms with Crippen LogP contribution in [0.2, 0.25) is 0 Å². The average molecular weight is 395 g/mol. The average Bonchev–Trinajstić information content (AvgIpc) is 3.50. The lowest BCUT2D eigenvalue weighted by atomic mass is 9.95. The number of likely N-dealkylation sites (tertiary alicyclic amines) is 1. The van der Waals surface area contributed by atoms with Crippen LogP contribution in [0.3, 0.4) is 0 Å². The minimum absolute atomic E-state index is 0.0413. The number of H-pyrrole nitrogens is 1. The number of carbonyl (C=O) groups is 1. The van der Waals surface area contributed by atoms with Crippen LogP contribution in [0.1, 0.15) is 23.6 Å². The molecule has 148 valence electrons. The van der Waals surface area contributed by atoms with E-state index >= 15 is 0 Å². The Hall–Kier alpha value is -3.85. The second kappa shape index (κ2) is 6.89. The Kier molecular flexibility index (Phi) is 4.18. The van der Waals surface area contributed by atoms with Crippen molar-refractivity contribution in [1.82, 2.24) is 19.7 Å². The van der Waals surface area contributed by atoms with Crippen molar-refractivity contribution < 1.29 is 4.79 Å². The minimum Gasteiger partial charge on any atom is -0.341 e. The molecule has 6 nitrogen and oxygen atoms in total. The summed E-state index contributed by atoms with van der Waals surface area (Å²) in [5.41, 5.74) is 6.02. The van der Waals surface area contributed by atoms with E-state index < -0.39 is 0 Å². The highest BCUT2D eigenvalue weighted by Gasteiger charge is 2.27. The summed E-state index contributed by atoms with van der Waals surface area (Å²) in [6.07, 6.45) is 6.00. The lowest BCUT2D eigenvalue weighted by molar-refractivity contribution is -0.125. The number of benzene rings is 2. The zero-order valence-corrected chi connectivity index (χ0v) is 16.7. The Morgan fingerprint density at radius 3 is 3.00 bits per heavy atom. The lowest BCUT2D eigenvalue weighted by Crippen LogP contribution is -2.27. The summed E-state index contributed by atoms with van der Waals surface area (Å²) in [4.78, 5) is 13.8. The molecule has 1 saturated heterocycles. The molecule has 1 atom stereocenters. The van der Waals surface area contributed by atoms with Crippen molar-refractivity contribution >= 4 is 27.7 Å². The highest BCUT2D eigenvalue weighted by molar-refractivity contribution is 5.99. The number of nitrogens with one attached hydrogen (secondary N) is 1. The molecule has 4 aromatic rings. The van der Waals surface area contributed by atoms with Crippen LogP contribution < -0.4 is 0 Å². The fourth-order valence-corrected chi connectivity index (χ4v) is 4.61. The first kappa shape index (κ1) is 18.2. The number of rotatable bonds is 3. The van der Waals surface area contributed by atoms with Gasteiger partial charge in [0.1, 0.15) is 6.07 Å². The number of nitrogens with zero attached hydrogens (tertiary/aromatic N) is 4. The standard InChI is InChI=1S/C24H21N5O/c1-3-23(30)28-9-8-18(14-28)29-13-17(11-25)19-10-16(5-7-22(19)29)24-15(2)4-6-21-20(24)12-26-27-21/h3-7,10,12-13,18H,1,8-9,14H2,2H3,(H,26,27). The van der Waals surface area contributed by atoms with Crippen LogP contribution in [0.5, 0.6) is 0 Å². The fourth-order valence-electron chi connectivity index (χ4n) is 4.61. The Labute approximate surface area is 174 Å². The van der Waals surface area contributed by atoms with Gasteiger partial charge in [-0.3, -0.25) is 9.89 Å². The number of aromatic amines is 1. The predicted octanol–water partition coefficient (Wildman–Crippen LogP) is 4.32. The quantitative estimate of drug-likeness (QED) is 0.525. The molecular weight excluding hydrogens is 374 g/mol. The van der Waals surface area contributed by atoms with Crippen LogP contribution in [0.25, 0.3) is 32.9 Å². The molecule has 0 bridgehead atoms. The van der Waals surface area contributed by atoms with Gasteiger partial charge in [0.05, 0.1) is 23.3 Å². The van der Waals surface area contributed by atoms with Crippen LogP contribution in [-0.4, -0.2) is 38.7 Å². The van der Waals surface area contributed by atoms with Gasteiger partial charge < -0.3 is 9.47 Å². The van der Waals surface area contributed by atoms with Gasteiger partial charge in [0, 0.05) is 35.6 Å². The first-order valence-electron chi connectivity index (χ1n) is 10.00. The first-order chi connectivity index (χ1) is 14.6. The van der Waals surface area contributed by atoms with Gasteiger partial charge >= 0.3 is 0 Å². The van der Waals surface area contributed by atoms with E-state index in [4.69, 9.17) is 0 Å². The van der Waals surface area contributed by atoms with Crippen molar-refractivity contribution in [3.8, 4) is 17.2 Å². The monoisotopic (exact) mass is 395 g/mol. The molecule has 1 unspecified atom stereocenters. The zero-order chi connectivity index (χ0) is 20.8. The molecule has 6 heteroatoms. The highest BCUT2D eigenvalue weighted by atomic mass is 16.2. The van der Waals surface area contributed by atoms with E-state index in [1.54, 1.807) is 0 Å². The molecule has 1 aliphatic heterocycles. The van der Waals surface area contributed by atoms with Gasteiger partial charge in [-0.2, -0.15) is 10.4 Å². The van der Waals surface area contributed by atoms with Crippen molar-refractivity contribution in [2.24, 2.45) is 0 Å². The maximum atomic E-state index is 12.0. The van der Waals surface area contributed by atoms with Gasteiger partial charge in [0.15, 0.2) is 0 Å². The SMILES string of the molecule is C=CC(=O)N1CCC(n2cc(C#N)c3cc(-c4c(C)ccc5[nH]ncc45)ccc32)C1. The van der Waals surface area contributed by atoms with E-state index in [1.165, 1.54) is 6.08 Å². The third-order valence-corrected chi connectivity index (χ3v) is 6.12. The van der Waals surface area contributed by atoms with Crippen LogP contribution in [0.15, 0.2) is 55.4 Å². The zero-order valence-electron chi connectivity index (χ0n) is 16.7. The summed E-state index contributed by atoms with van der Waals surface area (Å²) in [6, 6.07) is 12.9. The van der Waals surface area contributed by atoms with Gasteiger partial charge in [0.25, 0.3) is 0 Å². The molecule has 0 saturated carbocycles. The second-order valence-corrected chi connectivity index (χ2v) is 7.81. The van der Waals surface area contributed by atoms with Crippen molar-refractivity contribution in [2.75, 3.05) is 13.1 Å². The number of hydrogen-bond donors (Lipinski definition) is 1. The molecule has 0 radical (unpaired) electrons. The number of nitriles is 1. The number of carbonyl (C=O) groups excluding carboxylic acids is 1. The van der Waals surface area contributed by atoms with E-state index in [2.05, 4.69) is 58.6 Å². The molecule has 1 fully saturated rings. The van der Waals surface area contributed by atoms with E-state index in [-0.39, 0.29) is 11.9 Å². The number of fused-ring (bicyclic) bond motifs is 2. The molecule has 30 heavy (non-hydrogen) atoms. The number of amides is 1. The van der Waals surface area contributed by atoms with Gasteiger partial charge in [-0.05, 0) is 54.3 Å². The molecule has 3 heterocycles. The summed E-state index contributed by atoms with van der Waals surface area (Å²) >= 11 is 0. The topological polar surface area (TPSA) is 77.7 Å². The number of aryl methyl sites for hydroxylation is 1. The normalized spacial score (nSPS) is 16.3. The first-order valence-corrected chi connectivity index (χ1v) is 10.00. The summed E-state index contributed by atoms with van der Waals surface area (Å²) in [5.74, 6) is -0.0413. The molecule has 1 aliphatic rings. The maximum absolute atomic E-state index is 12.0. The van der Waals surface area contributed by atoms with Crippen molar-refractivity contribution in [3.63, 3.8) is 0 Å². The van der Waals surface area contributed by atoms with E-state index in [0.717, 1.165) is 44.9 Å². The van der Waals surface area contributed by atoms with E-state index in [9.17, 15) is 10.1 Å². The Bertz CT molecular complexity index is 1350. The van der Waals surface area contributed by atoms with E-state index in [1.807, 2.05) is 23.4 Å². The van der Waals surface area contributed by atoms with Crippen molar-refractivity contribution in [1.29, 1.82) is 5.26 Å². The largest absolute Gasteiger partial charge is 0.341 e. The fraction of sp³-hybridized carbons (Fsp3) is 0.208. The predicted molar refractivity (Wildman–Crippen MR) is 117 cm³/mol. The third-order valence-electron chi connectivity index (χ3n) is 6.12.